The molecule has 3 nitrogen and oxygen atoms in total. The summed E-state index contributed by atoms with van der Waals surface area (Å²) in [6.45, 7) is 1.93. The Balaban J connectivity index is 2.51. The molecule has 0 spiro atoms. The van der Waals surface area contributed by atoms with Gasteiger partial charge in [-0.05, 0) is 47.1 Å². The number of rotatable bonds is 1. The minimum atomic E-state index is 0.660. The van der Waals surface area contributed by atoms with Crippen molar-refractivity contribution < 1.29 is 0 Å². The molecule has 2 rings (SSSR count). The highest BCUT2D eigenvalue weighted by Gasteiger charge is 2.05. The monoisotopic (exact) mass is 261 g/mol. The topological polar surface area (TPSA) is 41.6 Å². The van der Waals surface area contributed by atoms with Crippen LogP contribution in [0.25, 0.3) is 5.69 Å². The largest absolute Gasteiger partial charge is 0.291 e. The first-order valence-corrected chi connectivity index (χ1v) is 5.22. The number of halogens is 1. The minimum absolute atomic E-state index is 0.660. The molecule has 0 aliphatic rings. The van der Waals surface area contributed by atoms with Gasteiger partial charge >= 0.3 is 0 Å². The number of aryl methyl sites for hydroxylation is 1. The second-order valence-corrected chi connectivity index (χ2v) is 3.93. The van der Waals surface area contributed by atoms with Crippen molar-refractivity contribution in [1.82, 2.24) is 9.55 Å². The van der Waals surface area contributed by atoms with Crippen LogP contribution in [0.4, 0.5) is 0 Å². The summed E-state index contributed by atoms with van der Waals surface area (Å²) >= 11 is 3.42. The molecule has 0 saturated carbocycles. The Kier molecular flexibility index (Phi) is 2.57. The van der Waals surface area contributed by atoms with Gasteiger partial charge in [0, 0.05) is 5.69 Å². The van der Waals surface area contributed by atoms with E-state index in [4.69, 9.17) is 5.26 Å². The predicted octanol–water partition coefficient (Wildman–Crippen LogP) is 2.81. The molecule has 0 amide bonds. The summed E-state index contributed by atoms with van der Waals surface area (Å²) in [4.78, 5) is 4.19. The lowest BCUT2D eigenvalue weighted by Gasteiger charge is -2.06. The van der Waals surface area contributed by atoms with Gasteiger partial charge in [-0.3, -0.25) is 4.57 Å². The Bertz CT molecular complexity index is 500. The van der Waals surface area contributed by atoms with Crippen LogP contribution in [0.3, 0.4) is 0 Å². The number of hydrogen-bond acceptors (Lipinski definition) is 2. The number of imidazole rings is 1. The molecule has 0 saturated heterocycles. The summed E-state index contributed by atoms with van der Waals surface area (Å²) in [7, 11) is 0. The molecule has 1 aromatic carbocycles. The van der Waals surface area contributed by atoms with Crippen molar-refractivity contribution in [3.63, 3.8) is 0 Å². The summed E-state index contributed by atoms with van der Waals surface area (Å²) in [6.07, 6.45) is 1.76. The van der Waals surface area contributed by atoms with E-state index in [1.807, 2.05) is 23.6 Å². The van der Waals surface area contributed by atoms with E-state index in [0.29, 0.717) is 5.56 Å². The van der Waals surface area contributed by atoms with Gasteiger partial charge in [-0.25, -0.2) is 4.98 Å². The fraction of sp³-hybridized carbons (Fsp3) is 0.0909. The molecule has 0 aliphatic heterocycles. The van der Waals surface area contributed by atoms with Crippen LogP contribution in [0.2, 0.25) is 0 Å². The van der Waals surface area contributed by atoms with Gasteiger partial charge in [-0.1, -0.05) is 0 Å². The van der Waals surface area contributed by atoms with Crippen LogP contribution in [0.15, 0.2) is 35.1 Å². The molecule has 0 fully saturated rings. The lowest BCUT2D eigenvalue weighted by Crippen LogP contribution is -1.96. The van der Waals surface area contributed by atoms with Crippen LogP contribution < -0.4 is 0 Å². The fourth-order valence-electron chi connectivity index (χ4n) is 1.41. The van der Waals surface area contributed by atoms with E-state index in [-0.39, 0.29) is 0 Å². The van der Waals surface area contributed by atoms with E-state index in [1.165, 1.54) is 0 Å². The standard InChI is InChI=1S/C11H8BrN3/c1-8-14-7-11(12)15(8)10-4-2-9(6-13)3-5-10/h2-5,7H,1H3. The number of nitriles is 1. The normalized spacial score (nSPS) is 9.93. The van der Waals surface area contributed by atoms with Gasteiger partial charge in [0.05, 0.1) is 17.8 Å². The lowest BCUT2D eigenvalue weighted by atomic mass is 10.2. The fourth-order valence-corrected chi connectivity index (χ4v) is 1.98. The molecule has 15 heavy (non-hydrogen) atoms. The van der Waals surface area contributed by atoms with Crippen LogP contribution in [0, 0.1) is 18.3 Å². The van der Waals surface area contributed by atoms with Crippen molar-refractivity contribution in [2.24, 2.45) is 0 Å². The van der Waals surface area contributed by atoms with Crippen molar-refractivity contribution in [2.75, 3.05) is 0 Å². The third-order valence-electron chi connectivity index (χ3n) is 2.15. The Morgan fingerprint density at radius 3 is 2.47 bits per heavy atom. The molecule has 0 N–H and O–H groups in total. The molecule has 2 aromatic rings. The van der Waals surface area contributed by atoms with Gasteiger partial charge < -0.3 is 0 Å². The number of benzene rings is 1. The summed E-state index contributed by atoms with van der Waals surface area (Å²) in [5, 5.41) is 8.69. The van der Waals surface area contributed by atoms with E-state index in [9.17, 15) is 0 Å². The van der Waals surface area contributed by atoms with Crippen LogP contribution in [0.5, 0.6) is 0 Å². The van der Waals surface area contributed by atoms with Crippen molar-refractivity contribution in [1.29, 1.82) is 5.26 Å². The van der Waals surface area contributed by atoms with E-state index in [2.05, 4.69) is 27.0 Å². The van der Waals surface area contributed by atoms with Crippen molar-refractivity contribution in [3.05, 3.63) is 46.5 Å². The molecular weight excluding hydrogens is 254 g/mol. The zero-order chi connectivity index (χ0) is 10.8. The third-order valence-corrected chi connectivity index (χ3v) is 2.71. The average molecular weight is 262 g/mol. The molecule has 0 radical (unpaired) electrons. The zero-order valence-electron chi connectivity index (χ0n) is 8.11. The summed E-state index contributed by atoms with van der Waals surface area (Å²) in [5.41, 5.74) is 1.66. The molecule has 1 aromatic heterocycles. The maximum absolute atomic E-state index is 8.69. The maximum Gasteiger partial charge on any atom is 0.110 e. The predicted molar refractivity (Wildman–Crippen MR) is 60.7 cm³/mol. The van der Waals surface area contributed by atoms with Gasteiger partial charge in [-0.2, -0.15) is 5.26 Å². The van der Waals surface area contributed by atoms with Crippen LogP contribution in [0.1, 0.15) is 11.4 Å². The second-order valence-electron chi connectivity index (χ2n) is 3.12. The van der Waals surface area contributed by atoms with Gasteiger partial charge in [0.25, 0.3) is 0 Å². The molecular formula is C11H8BrN3. The highest BCUT2D eigenvalue weighted by Crippen LogP contribution is 2.19. The SMILES string of the molecule is Cc1ncc(Br)n1-c1ccc(C#N)cc1. The molecule has 0 unspecified atom stereocenters. The van der Waals surface area contributed by atoms with Gasteiger partial charge in [0.2, 0.25) is 0 Å². The van der Waals surface area contributed by atoms with Gasteiger partial charge in [0.15, 0.2) is 0 Å². The van der Waals surface area contributed by atoms with Crippen molar-refractivity contribution >= 4 is 15.9 Å². The number of aromatic nitrogens is 2. The Morgan fingerprint density at radius 1 is 1.33 bits per heavy atom. The maximum atomic E-state index is 8.69. The molecule has 1 heterocycles. The van der Waals surface area contributed by atoms with Gasteiger partial charge in [0.1, 0.15) is 10.4 Å². The van der Waals surface area contributed by atoms with Crippen molar-refractivity contribution in [3.8, 4) is 11.8 Å². The van der Waals surface area contributed by atoms with E-state index in [1.54, 1.807) is 18.3 Å². The smallest absolute Gasteiger partial charge is 0.110 e. The highest BCUT2D eigenvalue weighted by molar-refractivity contribution is 9.10. The van der Waals surface area contributed by atoms with Crippen LogP contribution >= 0.6 is 15.9 Å². The average Bonchev–Trinajstić information content (AvgIpc) is 2.59. The quantitative estimate of drug-likeness (QED) is 0.792. The van der Waals surface area contributed by atoms with Crippen molar-refractivity contribution in [2.45, 2.75) is 6.92 Å². The molecule has 0 atom stereocenters. The van der Waals surface area contributed by atoms with E-state index in [0.717, 1.165) is 16.1 Å². The molecule has 0 aliphatic carbocycles. The highest BCUT2D eigenvalue weighted by atomic mass is 79.9. The van der Waals surface area contributed by atoms with E-state index >= 15 is 0 Å². The number of hydrogen-bond donors (Lipinski definition) is 0. The van der Waals surface area contributed by atoms with Crippen LogP contribution in [-0.2, 0) is 0 Å². The Morgan fingerprint density at radius 2 is 2.00 bits per heavy atom. The summed E-state index contributed by atoms with van der Waals surface area (Å²) in [5.74, 6) is 0.909. The third kappa shape index (κ3) is 1.79. The lowest BCUT2D eigenvalue weighted by molar-refractivity contribution is 0.957. The first-order chi connectivity index (χ1) is 7.22. The van der Waals surface area contributed by atoms with Crippen LogP contribution in [-0.4, -0.2) is 9.55 Å². The van der Waals surface area contributed by atoms with E-state index < -0.39 is 0 Å². The summed E-state index contributed by atoms with van der Waals surface area (Å²) < 4.78 is 2.88. The van der Waals surface area contributed by atoms with Gasteiger partial charge in [-0.15, -0.1) is 0 Å². The molecule has 0 bridgehead atoms. The number of nitrogens with zero attached hydrogens (tertiary/aromatic N) is 3. The zero-order valence-corrected chi connectivity index (χ0v) is 9.69. The molecule has 4 heteroatoms. The minimum Gasteiger partial charge on any atom is -0.291 e. The Labute approximate surface area is 96.1 Å². The molecule has 74 valence electrons. The first kappa shape index (κ1) is 9.94. The Hall–Kier alpha value is -1.60. The first-order valence-electron chi connectivity index (χ1n) is 4.43. The summed E-state index contributed by atoms with van der Waals surface area (Å²) in [6, 6.07) is 9.48. The second kappa shape index (κ2) is 3.87.